The minimum Gasteiger partial charge on any atom is -0.327 e. The van der Waals surface area contributed by atoms with Crippen LogP contribution in [0.2, 0.25) is 0 Å². The Morgan fingerprint density at radius 1 is 1.29 bits per heavy atom. The van der Waals surface area contributed by atoms with E-state index < -0.39 is 0 Å². The lowest BCUT2D eigenvalue weighted by molar-refractivity contribution is 0.656. The van der Waals surface area contributed by atoms with Gasteiger partial charge in [-0.25, -0.2) is 4.98 Å². The molecule has 0 spiro atoms. The Balaban J connectivity index is 1.93. The van der Waals surface area contributed by atoms with Gasteiger partial charge in [0.15, 0.2) is 0 Å². The molecule has 0 saturated carbocycles. The SMILES string of the molecule is Cc1nc(CC(N)Cc2ccc(Br)cc2)cs1. The second-order valence-electron chi connectivity index (χ2n) is 4.15. The van der Waals surface area contributed by atoms with Gasteiger partial charge in [0.05, 0.1) is 10.7 Å². The molecule has 90 valence electrons. The van der Waals surface area contributed by atoms with Crippen molar-refractivity contribution in [1.82, 2.24) is 4.98 Å². The fourth-order valence-corrected chi connectivity index (χ4v) is 2.66. The molecule has 2 nitrogen and oxygen atoms in total. The number of thiazole rings is 1. The highest BCUT2D eigenvalue weighted by Gasteiger charge is 2.07. The molecule has 17 heavy (non-hydrogen) atoms. The van der Waals surface area contributed by atoms with Gasteiger partial charge >= 0.3 is 0 Å². The van der Waals surface area contributed by atoms with Crippen molar-refractivity contribution in [3.8, 4) is 0 Å². The van der Waals surface area contributed by atoms with Crippen LogP contribution < -0.4 is 5.73 Å². The van der Waals surface area contributed by atoms with E-state index in [1.54, 1.807) is 11.3 Å². The predicted octanol–water partition coefficient (Wildman–Crippen LogP) is 3.33. The standard InChI is InChI=1S/C13H15BrN2S/c1-9-16-13(8-17-9)7-12(15)6-10-2-4-11(14)5-3-10/h2-5,8,12H,6-7,15H2,1H3. The largest absolute Gasteiger partial charge is 0.327 e. The Bertz CT molecular complexity index is 478. The van der Waals surface area contributed by atoms with Crippen LogP contribution in [0.1, 0.15) is 16.3 Å². The van der Waals surface area contributed by atoms with E-state index in [1.165, 1.54) is 5.56 Å². The number of halogens is 1. The zero-order valence-corrected chi connectivity index (χ0v) is 12.1. The maximum atomic E-state index is 6.14. The van der Waals surface area contributed by atoms with E-state index in [4.69, 9.17) is 5.73 Å². The number of aryl methyl sites for hydroxylation is 1. The number of nitrogens with two attached hydrogens (primary N) is 1. The van der Waals surface area contributed by atoms with Crippen LogP contribution in [0.5, 0.6) is 0 Å². The molecule has 4 heteroatoms. The smallest absolute Gasteiger partial charge is 0.0897 e. The van der Waals surface area contributed by atoms with Crippen LogP contribution in [0.25, 0.3) is 0 Å². The molecular weight excluding hydrogens is 296 g/mol. The molecule has 0 fully saturated rings. The minimum absolute atomic E-state index is 0.137. The van der Waals surface area contributed by atoms with Crippen LogP contribution in [-0.4, -0.2) is 11.0 Å². The average molecular weight is 311 g/mol. The van der Waals surface area contributed by atoms with Crippen molar-refractivity contribution in [3.63, 3.8) is 0 Å². The summed E-state index contributed by atoms with van der Waals surface area (Å²) in [6.45, 7) is 2.02. The Labute approximate surface area is 114 Å². The van der Waals surface area contributed by atoms with Gasteiger partial charge in [0.25, 0.3) is 0 Å². The van der Waals surface area contributed by atoms with Crippen LogP contribution in [0.4, 0.5) is 0 Å². The fraction of sp³-hybridized carbons (Fsp3) is 0.308. The van der Waals surface area contributed by atoms with E-state index in [-0.39, 0.29) is 6.04 Å². The molecule has 1 aromatic carbocycles. The highest BCUT2D eigenvalue weighted by Crippen LogP contribution is 2.14. The number of hydrogen-bond donors (Lipinski definition) is 1. The molecule has 1 heterocycles. The number of aromatic nitrogens is 1. The molecule has 0 aliphatic rings. The van der Waals surface area contributed by atoms with Gasteiger partial charge in [-0.1, -0.05) is 28.1 Å². The molecule has 0 aliphatic heterocycles. The van der Waals surface area contributed by atoms with E-state index in [0.29, 0.717) is 0 Å². The molecule has 0 bridgehead atoms. The van der Waals surface area contributed by atoms with Crippen molar-refractivity contribution in [2.75, 3.05) is 0 Å². The maximum Gasteiger partial charge on any atom is 0.0897 e. The molecule has 1 unspecified atom stereocenters. The molecule has 0 radical (unpaired) electrons. The lowest BCUT2D eigenvalue weighted by Gasteiger charge is -2.10. The number of benzene rings is 1. The topological polar surface area (TPSA) is 38.9 Å². The Hall–Kier alpha value is -0.710. The lowest BCUT2D eigenvalue weighted by Crippen LogP contribution is -2.25. The van der Waals surface area contributed by atoms with Crippen molar-refractivity contribution in [2.45, 2.75) is 25.8 Å². The van der Waals surface area contributed by atoms with Crippen molar-refractivity contribution >= 4 is 27.3 Å². The number of hydrogen-bond acceptors (Lipinski definition) is 3. The summed E-state index contributed by atoms with van der Waals surface area (Å²) in [4.78, 5) is 4.44. The first kappa shape index (κ1) is 12.7. The van der Waals surface area contributed by atoms with E-state index in [1.807, 2.05) is 6.92 Å². The van der Waals surface area contributed by atoms with E-state index in [0.717, 1.165) is 28.0 Å². The second-order valence-corrected chi connectivity index (χ2v) is 6.13. The molecule has 1 aromatic heterocycles. The maximum absolute atomic E-state index is 6.14. The highest BCUT2D eigenvalue weighted by atomic mass is 79.9. The monoisotopic (exact) mass is 310 g/mol. The molecule has 2 aromatic rings. The van der Waals surface area contributed by atoms with Gasteiger partial charge in [-0.15, -0.1) is 11.3 Å². The lowest BCUT2D eigenvalue weighted by atomic mass is 10.0. The first-order valence-corrected chi connectivity index (χ1v) is 7.22. The third kappa shape index (κ3) is 3.91. The fourth-order valence-electron chi connectivity index (χ4n) is 1.77. The van der Waals surface area contributed by atoms with Crippen LogP contribution >= 0.6 is 27.3 Å². The van der Waals surface area contributed by atoms with Gasteiger partial charge in [-0.2, -0.15) is 0 Å². The molecule has 2 N–H and O–H groups in total. The van der Waals surface area contributed by atoms with Crippen molar-refractivity contribution in [3.05, 3.63) is 50.4 Å². The zero-order chi connectivity index (χ0) is 12.3. The number of nitrogens with zero attached hydrogens (tertiary/aromatic N) is 1. The Morgan fingerprint density at radius 3 is 2.59 bits per heavy atom. The summed E-state index contributed by atoms with van der Waals surface area (Å²) in [5.41, 5.74) is 8.52. The molecule has 1 atom stereocenters. The molecule has 2 rings (SSSR count). The van der Waals surface area contributed by atoms with Gasteiger partial charge in [0.1, 0.15) is 0 Å². The zero-order valence-electron chi connectivity index (χ0n) is 9.69. The first-order valence-electron chi connectivity index (χ1n) is 5.54. The average Bonchev–Trinajstić information content (AvgIpc) is 2.67. The molecule has 0 saturated heterocycles. The first-order chi connectivity index (χ1) is 8.13. The third-order valence-corrected chi connectivity index (χ3v) is 3.90. The molecule has 0 amide bonds. The van der Waals surface area contributed by atoms with Crippen LogP contribution in [0, 0.1) is 6.92 Å². The minimum atomic E-state index is 0.137. The summed E-state index contributed by atoms with van der Waals surface area (Å²) in [6, 6.07) is 8.45. The van der Waals surface area contributed by atoms with Gasteiger partial charge in [-0.05, 0) is 31.0 Å². The molecular formula is C13H15BrN2S. The van der Waals surface area contributed by atoms with Crippen LogP contribution in [-0.2, 0) is 12.8 Å². The Morgan fingerprint density at radius 2 is 2.00 bits per heavy atom. The summed E-state index contributed by atoms with van der Waals surface area (Å²) in [5, 5.41) is 3.20. The number of rotatable bonds is 4. The summed E-state index contributed by atoms with van der Waals surface area (Å²) < 4.78 is 1.10. The van der Waals surface area contributed by atoms with Gasteiger partial charge in [0, 0.05) is 22.3 Å². The van der Waals surface area contributed by atoms with Gasteiger partial charge in [-0.3, -0.25) is 0 Å². The van der Waals surface area contributed by atoms with Crippen molar-refractivity contribution in [1.29, 1.82) is 0 Å². The third-order valence-electron chi connectivity index (χ3n) is 2.55. The normalized spacial score (nSPS) is 12.6. The summed E-state index contributed by atoms with van der Waals surface area (Å²) in [5.74, 6) is 0. The van der Waals surface area contributed by atoms with Crippen LogP contribution in [0.3, 0.4) is 0 Å². The Kier molecular flexibility index (Phi) is 4.31. The summed E-state index contributed by atoms with van der Waals surface area (Å²) in [6.07, 6.45) is 1.74. The van der Waals surface area contributed by atoms with E-state index >= 15 is 0 Å². The van der Waals surface area contributed by atoms with Gasteiger partial charge < -0.3 is 5.73 Å². The van der Waals surface area contributed by atoms with Gasteiger partial charge in [0.2, 0.25) is 0 Å². The van der Waals surface area contributed by atoms with E-state index in [2.05, 4.69) is 50.6 Å². The quantitative estimate of drug-likeness (QED) is 0.940. The highest BCUT2D eigenvalue weighted by molar-refractivity contribution is 9.10. The second kappa shape index (κ2) is 5.76. The summed E-state index contributed by atoms with van der Waals surface area (Å²) in [7, 11) is 0. The van der Waals surface area contributed by atoms with Crippen LogP contribution in [0.15, 0.2) is 34.1 Å². The van der Waals surface area contributed by atoms with Crippen molar-refractivity contribution < 1.29 is 0 Å². The van der Waals surface area contributed by atoms with E-state index in [9.17, 15) is 0 Å². The summed E-state index contributed by atoms with van der Waals surface area (Å²) >= 11 is 5.11. The predicted molar refractivity (Wildman–Crippen MR) is 76.4 cm³/mol. The molecule has 0 aliphatic carbocycles. The van der Waals surface area contributed by atoms with Crippen molar-refractivity contribution in [2.24, 2.45) is 5.73 Å².